The lowest BCUT2D eigenvalue weighted by Gasteiger charge is -2.32. The molecule has 0 saturated carbocycles. The fourth-order valence-electron chi connectivity index (χ4n) is 4.05. The summed E-state index contributed by atoms with van der Waals surface area (Å²) in [4.78, 5) is 13.3. The maximum absolute atomic E-state index is 13.3. The van der Waals surface area contributed by atoms with Crippen LogP contribution < -0.4 is 20.5 Å². The minimum absolute atomic E-state index is 0.164. The van der Waals surface area contributed by atoms with Crippen molar-refractivity contribution in [2.75, 3.05) is 11.9 Å². The predicted molar refractivity (Wildman–Crippen MR) is 130 cm³/mol. The molecule has 2 heterocycles. The molecule has 0 spiro atoms. The van der Waals surface area contributed by atoms with Gasteiger partial charge in [0.1, 0.15) is 11.9 Å². The van der Waals surface area contributed by atoms with Crippen LogP contribution >= 0.6 is 0 Å². The van der Waals surface area contributed by atoms with E-state index >= 15 is 0 Å². The van der Waals surface area contributed by atoms with Gasteiger partial charge in [-0.3, -0.25) is 4.79 Å². The molecule has 0 radical (unpaired) electrons. The topological polar surface area (TPSA) is 128 Å². The van der Waals surface area contributed by atoms with Gasteiger partial charge in [-0.1, -0.05) is 36.4 Å². The Bertz CT molecular complexity index is 1260. The Kier molecular flexibility index (Phi) is 6.67. The van der Waals surface area contributed by atoms with Crippen LogP contribution in [0.4, 0.5) is 5.69 Å². The maximum atomic E-state index is 13.3. The molecule has 2 atom stereocenters. The summed E-state index contributed by atoms with van der Waals surface area (Å²) in [6, 6.07) is 22.9. The molecule has 2 unspecified atom stereocenters. The molecule has 9 nitrogen and oxygen atoms in total. The lowest BCUT2D eigenvalue weighted by atomic mass is 10.00. The van der Waals surface area contributed by atoms with Crippen LogP contribution in [0, 0.1) is 0 Å². The molecule has 0 amide bonds. The Labute approximate surface area is 202 Å². The Balaban J connectivity index is 1.21. The molecule has 0 saturated heterocycles. The Morgan fingerprint density at radius 1 is 1.00 bits per heavy atom. The molecular formula is C26H26N6O3. The quantitative estimate of drug-likeness (QED) is 0.250. The van der Waals surface area contributed by atoms with E-state index in [0.29, 0.717) is 35.0 Å². The number of anilines is 1. The normalized spacial score (nSPS) is 16.6. The van der Waals surface area contributed by atoms with Crippen LogP contribution in [0.3, 0.4) is 0 Å². The fourth-order valence-corrected chi connectivity index (χ4v) is 4.05. The summed E-state index contributed by atoms with van der Waals surface area (Å²) in [5.41, 5.74) is 9.11. The van der Waals surface area contributed by atoms with Crippen LogP contribution in [-0.4, -0.2) is 39.2 Å². The molecule has 0 fully saturated rings. The number of rotatable bonds is 9. The van der Waals surface area contributed by atoms with Gasteiger partial charge in [-0.05, 0) is 71.7 Å². The first-order chi connectivity index (χ1) is 17.2. The minimum atomic E-state index is -0.663. The highest BCUT2D eigenvalue weighted by atomic mass is 16.5. The molecule has 178 valence electrons. The largest absolute Gasteiger partial charge is 0.494 e. The number of aryl methyl sites for hydroxylation is 1. The van der Waals surface area contributed by atoms with Crippen LogP contribution in [-0.2, 0) is 6.42 Å². The minimum Gasteiger partial charge on any atom is -0.494 e. The molecule has 1 aliphatic heterocycles. The van der Waals surface area contributed by atoms with Gasteiger partial charge in [-0.2, -0.15) is 0 Å². The van der Waals surface area contributed by atoms with Crippen LogP contribution in [0.1, 0.15) is 46.3 Å². The van der Waals surface area contributed by atoms with E-state index in [2.05, 4.69) is 50.2 Å². The summed E-state index contributed by atoms with van der Waals surface area (Å²) < 4.78 is 11.9. The van der Waals surface area contributed by atoms with Crippen molar-refractivity contribution in [2.24, 2.45) is 5.73 Å². The van der Waals surface area contributed by atoms with Crippen molar-refractivity contribution < 1.29 is 14.3 Å². The molecule has 5 rings (SSSR count). The third kappa shape index (κ3) is 5.15. The van der Waals surface area contributed by atoms with Gasteiger partial charge in [0.25, 0.3) is 0 Å². The number of aromatic amines is 1. The molecular weight excluding hydrogens is 444 g/mol. The van der Waals surface area contributed by atoms with E-state index in [0.717, 1.165) is 25.0 Å². The summed E-state index contributed by atoms with van der Waals surface area (Å²) in [7, 11) is 0. The highest BCUT2D eigenvalue weighted by molar-refractivity contribution is 6.11. The Hall–Kier alpha value is -4.24. The molecule has 4 aromatic rings. The summed E-state index contributed by atoms with van der Waals surface area (Å²) in [6.07, 6.45) is 1.81. The molecule has 1 aliphatic rings. The second-order valence-electron chi connectivity index (χ2n) is 8.32. The summed E-state index contributed by atoms with van der Waals surface area (Å²) in [5.74, 6) is 1.36. The van der Waals surface area contributed by atoms with E-state index in [1.165, 1.54) is 5.56 Å². The predicted octanol–water partition coefficient (Wildman–Crippen LogP) is 3.66. The number of hydrogen-bond acceptors (Lipinski definition) is 8. The molecule has 9 heteroatoms. The number of ketones is 1. The van der Waals surface area contributed by atoms with Gasteiger partial charge < -0.3 is 20.5 Å². The lowest BCUT2D eigenvalue weighted by Crippen LogP contribution is -2.42. The van der Waals surface area contributed by atoms with Crippen molar-refractivity contribution in [1.82, 2.24) is 20.6 Å². The second-order valence-corrected chi connectivity index (χ2v) is 8.32. The van der Waals surface area contributed by atoms with Crippen LogP contribution in [0.15, 0.2) is 72.8 Å². The number of nitrogens with two attached hydrogens (primary N) is 1. The maximum Gasteiger partial charge on any atom is 0.196 e. The monoisotopic (exact) mass is 470 g/mol. The standard InChI is InChI=1S/C26H26N6O3/c27-25-24(26-29-31-32-30-26)35-23-20(10-6-11-21(23)28-25)22(33)18-12-14-19(15-13-18)34-16-5-4-9-17-7-2-1-3-8-17/h1-3,6-8,10-15,24-25,28H,4-5,9,16,27H2,(H,29,30,31,32). The molecule has 35 heavy (non-hydrogen) atoms. The van der Waals surface area contributed by atoms with Gasteiger partial charge in [0.15, 0.2) is 23.5 Å². The van der Waals surface area contributed by atoms with Gasteiger partial charge in [-0.25, -0.2) is 5.10 Å². The van der Waals surface area contributed by atoms with Crippen molar-refractivity contribution in [3.05, 3.63) is 95.3 Å². The molecule has 0 aliphatic carbocycles. The third-order valence-electron chi connectivity index (χ3n) is 5.87. The van der Waals surface area contributed by atoms with Crippen molar-refractivity contribution in [3.8, 4) is 11.5 Å². The number of H-pyrrole nitrogens is 1. The van der Waals surface area contributed by atoms with E-state index in [-0.39, 0.29) is 5.78 Å². The number of carbonyl (C=O) groups excluding carboxylic acids is 1. The summed E-state index contributed by atoms with van der Waals surface area (Å²) in [5, 5.41) is 16.9. The number of fused-ring (bicyclic) bond motifs is 1. The number of unbranched alkanes of at least 4 members (excludes halogenated alkanes) is 1. The van der Waals surface area contributed by atoms with E-state index < -0.39 is 12.3 Å². The number of ether oxygens (including phenoxy) is 2. The molecule has 1 aromatic heterocycles. The van der Waals surface area contributed by atoms with Crippen molar-refractivity contribution in [3.63, 3.8) is 0 Å². The van der Waals surface area contributed by atoms with Crippen LogP contribution in [0.2, 0.25) is 0 Å². The zero-order chi connectivity index (χ0) is 24.0. The Morgan fingerprint density at radius 3 is 2.60 bits per heavy atom. The van der Waals surface area contributed by atoms with E-state index in [9.17, 15) is 4.79 Å². The number of tetrazole rings is 1. The van der Waals surface area contributed by atoms with Crippen molar-refractivity contribution in [2.45, 2.75) is 31.5 Å². The summed E-state index contributed by atoms with van der Waals surface area (Å²) in [6.45, 7) is 0.629. The average Bonchev–Trinajstić information content (AvgIpc) is 3.43. The smallest absolute Gasteiger partial charge is 0.196 e. The van der Waals surface area contributed by atoms with E-state index in [4.69, 9.17) is 15.2 Å². The number of para-hydroxylation sites is 1. The summed E-state index contributed by atoms with van der Waals surface area (Å²) >= 11 is 0. The SMILES string of the molecule is NC1Nc2cccc(C(=O)c3ccc(OCCCCc4ccccc4)cc3)c2OC1c1nnn[nH]1. The lowest BCUT2D eigenvalue weighted by molar-refractivity contribution is 0.102. The van der Waals surface area contributed by atoms with Crippen molar-refractivity contribution >= 4 is 11.5 Å². The number of aromatic nitrogens is 4. The first-order valence-corrected chi connectivity index (χ1v) is 11.6. The highest BCUT2D eigenvalue weighted by Crippen LogP contribution is 2.38. The number of hydrogen-bond donors (Lipinski definition) is 3. The first-order valence-electron chi connectivity index (χ1n) is 11.6. The van der Waals surface area contributed by atoms with E-state index in [1.54, 1.807) is 24.3 Å². The number of carbonyl (C=O) groups is 1. The fraction of sp³-hybridized carbons (Fsp3) is 0.231. The molecule has 4 N–H and O–H groups in total. The van der Waals surface area contributed by atoms with Crippen molar-refractivity contribution in [1.29, 1.82) is 0 Å². The first kappa shape index (κ1) is 22.5. The van der Waals surface area contributed by atoms with Gasteiger partial charge in [0.05, 0.1) is 17.9 Å². The number of nitrogens with zero attached hydrogens (tertiary/aromatic N) is 3. The van der Waals surface area contributed by atoms with Gasteiger partial charge in [0.2, 0.25) is 0 Å². The van der Waals surface area contributed by atoms with Crippen LogP contribution in [0.25, 0.3) is 0 Å². The number of nitrogens with one attached hydrogen (secondary N) is 2. The zero-order valence-corrected chi connectivity index (χ0v) is 19.1. The third-order valence-corrected chi connectivity index (χ3v) is 5.87. The van der Waals surface area contributed by atoms with Crippen LogP contribution in [0.5, 0.6) is 11.5 Å². The Morgan fingerprint density at radius 2 is 1.83 bits per heavy atom. The van der Waals surface area contributed by atoms with E-state index in [1.807, 2.05) is 24.3 Å². The van der Waals surface area contributed by atoms with Gasteiger partial charge in [-0.15, -0.1) is 5.10 Å². The zero-order valence-electron chi connectivity index (χ0n) is 19.1. The van der Waals surface area contributed by atoms with Gasteiger partial charge in [0, 0.05) is 5.56 Å². The second kappa shape index (κ2) is 10.4. The average molecular weight is 471 g/mol. The molecule has 3 aromatic carbocycles. The number of benzene rings is 3. The van der Waals surface area contributed by atoms with Gasteiger partial charge >= 0.3 is 0 Å². The highest BCUT2D eigenvalue weighted by Gasteiger charge is 2.33. The molecule has 0 bridgehead atoms.